The molecular formula is C4H5IO3. The second-order valence-corrected chi connectivity index (χ2v) is 1.79. The number of ether oxygens (including phenoxy) is 1. The SMILES string of the molecule is O=C(O)OC=CCI. The lowest BCUT2D eigenvalue weighted by Crippen LogP contribution is -1.91. The molecular weight excluding hydrogens is 223 g/mol. The smallest absolute Gasteiger partial charge is 0.449 e. The van der Waals surface area contributed by atoms with Crippen LogP contribution in [0.1, 0.15) is 0 Å². The normalized spacial score (nSPS) is 9.62. The Morgan fingerprint density at radius 2 is 2.50 bits per heavy atom. The van der Waals surface area contributed by atoms with Crippen LogP contribution in [0.5, 0.6) is 0 Å². The van der Waals surface area contributed by atoms with Crippen molar-refractivity contribution >= 4 is 28.7 Å². The molecule has 0 atom stereocenters. The monoisotopic (exact) mass is 228 g/mol. The zero-order chi connectivity index (χ0) is 6.41. The van der Waals surface area contributed by atoms with Gasteiger partial charge in [0.15, 0.2) is 0 Å². The lowest BCUT2D eigenvalue weighted by molar-refractivity contribution is 0.128. The number of carboxylic acid groups (broad SMARTS) is 1. The maximum absolute atomic E-state index is 9.60. The Balaban J connectivity index is 3.16. The maximum atomic E-state index is 9.60. The van der Waals surface area contributed by atoms with Crippen LogP contribution >= 0.6 is 22.6 Å². The van der Waals surface area contributed by atoms with Crippen LogP contribution in [0, 0.1) is 0 Å². The van der Waals surface area contributed by atoms with E-state index < -0.39 is 6.16 Å². The molecule has 0 aromatic heterocycles. The van der Waals surface area contributed by atoms with Gasteiger partial charge in [-0.15, -0.1) is 0 Å². The van der Waals surface area contributed by atoms with Gasteiger partial charge in [-0.2, -0.15) is 0 Å². The molecule has 0 aromatic carbocycles. The average molecular weight is 228 g/mol. The van der Waals surface area contributed by atoms with Crippen molar-refractivity contribution in [3.05, 3.63) is 12.3 Å². The molecule has 0 rings (SSSR count). The minimum atomic E-state index is -1.27. The maximum Gasteiger partial charge on any atom is 0.510 e. The molecule has 0 aliphatic rings. The number of allylic oxidation sites excluding steroid dienone is 1. The third kappa shape index (κ3) is 5.74. The number of hydrogen-bond donors (Lipinski definition) is 1. The number of carbonyl (C=O) groups is 1. The second kappa shape index (κ2) is 4.89. The molecule has 4 heteroatoms. The molecule has 46 valence electrons. The fourth-order valence-electron chi connectivity index (χ4n) is 0.143. The molecule has 0 heterocycles. The zero-order valence-electron chi connectivity index (χ0n) is 4.00. The van der Waals surface area contributed by atoms with Gasteiger partial charge in [-0.25, -0.2) is 4.79 Å². The molecule has 0 aliphatic carbocycles. The number of alkyl halides is 1. The fourth-order valence-corrected chi connectivity index (χ4v) is 0.350. The molecule has 0 unspecified atom stereocenters. The van der Waals surface area contributed by atoms with Crippen molar-refractivity contribution in [1.82, 2.24) is 0 Å². The van der Waals surface area contributed by atoms with Crippen LogP contribution in [0.25, 0.3) is 0 Å². The van der Waals surface area contributed by atoms with Gasteiger partial charge in [-0.3, -0.25) is 0 Å². The summed E-state index contributed by atoms with van der Waals surface area (Å²) >= 11 is 2.07. The first-order chi connectivity index (χ1) is 3.77. The van der Waals surface area contributed by atoms with Crippen molar-refractivity contribution in [3.8, 4) is 0 Å². The van der Waals surface area contributed by atoms with Gasteiger partial charge in [0.25, 0.3) is 0 Å². The van der Waals surface area contributed by atoms with Crippen molar-refractivity contribution in [1.29, 1.82) is 0 Å². The Bertz CT molecular complexity index is 99.5. The number of halogens is 1. The average Bonchev–Trinajstić information content (AvgIpc) is 1.66. The quantitative estimate of drug-likeness (QED) is 0.338. The predicted octanol–water partition coefficient (Wildman–Crippen LogP) is 1.63. The molecule has 0 bridgehead atoms. The summed E-state index contributed by atoms with van der Waals surface area (Å²) in [6, 6.07) is 0. The van der Waals surface area contributed by atoms with Crippen LogP contribution in [-0.2, 0) is 4.74 Å². The first-order valence-electron chi connectivity index (χ1n) is 1.88. The Kier molecular flexibility index (Phi) is 4.73. The summed E-state index contributed by atoms with van der Waals surface area (Å²) < 4.78 is 4.77. The Labute approximate surface area is 60.5 Å². The first kappa shape index (κ1) is 7.74. The van der Waals surface area contributed by atoms with E-state index in [0.29, 0.717) is 0 Å². The molecule has 0 radical (unpaired) electrons. The van der Waals surface area contributed by atoms with E-state index in [1.807, 2.05) is 0 Å². The minimum absolute atomic E-state index is 0.755. The van der Waals surface area contributed by atoms with Gasteiger partial charge in [0.2, 0.25) is 0 Å². The van der Waals surface area contributed by atoms with Gasteiger partial charge >= 0.3 is 6.16 Å². The summed E-state index contributed by atoms with van der Waals surface area (Å²) in [5.41, 5.74) is 0. The van der Waals surface area contributed by atoms with E-state index >= 15 is 0 Å². The highest BCUT2D eigenvalue weighted by molar-refractivity contribution is 14.1. The predicted molar refractivity (Wildman–Crippen MR) is 37.1 cm³/mol. The van der Waals surface area contributed by atoms with Crippen LogP contribution in [0.3, 0.4) is 0 Å². The van der Waals surface area contributed by atoms with Crippen LogP contribution in [0.2, 0.25) is 0 Å². The van der Waals surface area contributed by atoms with Gasteiger partial charge in [0.05, 0.1) is 6.26 Å². The molecule has 0 saturated carbocycles. The topological polar surface area (TPSA) is 46.5 Å². The third-order valence-electron chi connectivity index (χ3n) is 0.354. The summed E-state index contributed by atoms with van der Waals surface area (Å²) in [6.45, 7) is 0. The van der Waals surface area contributed by atoms with Crippen molar-refractivity contribution in [2.75, 3.05) is 4.43 Å². The van der Waals surface area contributed by atoms with E-state index in [1.165, 1.54) is 0 Å². The molecule has 0 aliphatic heterocycles. The van der Waals surface area contributed by atoms with E-state index in [-0.39, 0.29) is 0 Å². The van der Waals surface area contributed by atoms with Crippen molar-refractivity contribution in [3.63, 3.8) is 0 Å². The van der Waals surface area contributed by atoms with Crippen molar-refractivity contribution < 1.29 is 14.6 Å². The molecule has 8 heavy (non-hydrogen) atoms. The van der Waals surface area contributed by atoms with Crippen molar-refractivity contribution in [2.45, 2.75) is 0 Å². The summed E-state index contributed by atoms with van der Waals surface area (Å²) in [7, 11) is 0. The first-order valence-corrected chi connectivity index (χ1v) is 3.40. The Hall–Kier alpha value is -0.260. The summed E-state index contributed by atoms with van der Waals surface area (Å²) in [5.74, 6) is 0. The molecule has 1 N–H and O–H groups in total. The van der Waals surface area contributed by atoms with Gasteiger partial charge < -0.3 is 9.84 Å². The summed E-state index contributed by atoms with van der Waals surface area (Å²) in [4.78, 5) is 9.60. The Morgan fingerprint density at radius 1 is 1.88 bits per heavy atom. The number of hydrogen-bond acceptors (Lipinski definition) is 2. The van der Waals surface area contributed by atoms with E-state index in [9.17, 15) is 4.79 Å². The Morgan fingerprint density at radius 3 is 2.88 bits per heavy atom. The lowest BCUT2D eigenvalue weighted by atomic mass is 10.7. The zero-order valence-corrected chi connectivity index (χ0v) is 6.16. The second-order valence-electron chi connectivity index (χ2n) is 0.910. The third-order valence-corrected chi connectivity index (χ3v) is 0.863. The van der Waals surface area contributed by atoms with Gasteiger partial charge in [0, 0.05) is 4.43 Å². The molecule has 0 amide bonds. The summed E-state index contributed by atoms with van der Waals surface area (Å²) in [5, 5.41) is 7.86. The van der Waals surface area contributed by atoms with Gasteiger partial charge in [0.1, 0.15) is 0 Å². The van der Waals surface area contributed by atoms with Crippen LogP contribution in [0.4, 0.5) is 4.79 Å². The highest BCUT2D eigenvalue weighted by atomic mass is 127. The van der Waals surface area contributed by atoms with Gasteiger partial charge in [-0.05, 0) is 6.08 Å². The van der Waals surface area contributed by atoms with Crippen LogP contribution in [-0.4, -0.2) is 15.7 Å². The molecule has 0 spiro atoms. The molecule has 0 aromatic rings. The molecule has 3 nitrogen and oxygen atoms in total. The summed E-state index contributed by atoms with van der Waals surface area (Å²) in [6.07, 6.45) is 1.48. The van der Waals surface area contributed by atoms with Crippen LogP contribution < -0.4 is 0 Å². The molecule has 0 fully saturated rings. The van der Waals surface area contributed by atoms with E-state index in [2.05, 4.69) is 27.3 Å². The largest absolute Gasteiger partial charge is 0.510 e. The van der Waals surface area contributed by atoms with E-state index in [0.717, 1.165) is 10.7 Å². The molecule has 0 saturated heterocycles. The van der Waals surface area contributed by atoms with Crippen LogP contribution in [0.15, 0.2) is 12.3 Å². The van der Waals surface area contributed by atoms with E-state index in [1.54, 1.807) is 6.08 Å². The minimum Gasteiger partial charge on any atom is -0.449 e. The highest BCUT2D eigenvalue weighted by Gasteiger charge is 1.86. The lowest BCUT2D eigenvalue weighted by Gasteiger charge is -1.84. The number of rotatable bonds is 2. The van der Waals surface area contributed by atoms with E-state index in [4.69, 9.17) is 5.11 Å². The fraction of sp³-hybridized carbons (Fsp3) is 0.250. The van der Waals surface area contributed by atoms with Gasteiger partial charge in [-0.1, -0.05) is 22.6 Å². The highest BCUT2D eigenvalue weighted by Crippen LogP contribution is 1.83. The van der Waals surface area contributed by atoms with Crippen molar-refractivity contribution in [2.24, 2.45) is 0 Å². The standard InChI is InChI=1S/C4H5IO3/c5-2-1-3-8-4(6)7/h1,3H,2H2,(H,6,7).